The Kier molecular flexibility index (Phi) is 7.10. The van der Waals surface area contributed by atoms with Crippen LogP contribution in [0.15, 0.2) is 103 Å². The first-order chi connectivity index (χ1) is 17.2. The van der Waals surface area contributed by atoms with E-state index in [1.807, 2.05) is 13.2 Å². The van der Waals surface area contributed by atoms with Crippen LogP contribution in [0.4, 0.5) is 23.2 Å². The fourth-order valence-corrected chi connectivity index (χ4v) is 3.56. The van der Waals surface area contributed by atoms with Crippen molar-refractivity contribution in [1.82, 2.24) is 14.9 Å². The van der Waals surface area contributed by atoms with E-state index in [9.17, 15) is 17.6 Å². The van der Waals surface area contributed by atoms with E-state index in [-0.39, 0.29) is 11.3 Å². The summed E-state index contributed by atoms with van der Waals surface area (Å²) >= 11 is 0. The zero-order valence-electron chi connectivity index (χ0n) is 19.2. The Balaban J connectivity index is 1.71. The van der Waals surface area contributed by atoms with Crippen LogP contribution in [-0.2, 0) is 6.18 Å². The second-order valence-electron chi connectivity index (χ2n) is 7.80. The number of alkyl halides is 3. The minimum Gasteiger partial charge on any atom is -0.356 e. The summed E-state index contributed by atoms with van der Waals surface area (Å²) in [6, 6.07) is 10.8. The zero-order chi connectivity index (χ0) is 25.7. The molecule has 5 nitrogen and oxygen atoms in total. The number of nitrogens with one attached hydrogen (secondary N) is 1. The third-order valence-corrected chi connectivity index (χ3v) is 5.30. The summed E-state index contributed by atoms with van der Waals surface area (Å²) in [5.74, 6) is -0.0276. The Labute approximate surface area is 205 Å². The monoisotopic (exact) mass is 491 g/mol. The van der Waals surface area contributed by atoms with Crippen LogP contribution in [0.3, 0.4) is 0 Å². The lowest BCUT2D eigenvalue weighted by molar-refractivity contribution is -0.137. The van der Waals surface area contributed by atoms with Crippen LogP contribution in [0.5, 0.6) is 0 Å². The molecule has 0 amide bonds. The number of nitrogens with zero attached hydrogens (tertiary/aromatic N) is 4. The van der Waals surface area contributed by atoms with Crippen molar-refractivity contribution in [2.24, 2.45) is 4.99 Å². The number of benzene rings is 2. The highest BCUT2D eigenvalue weighted by Crippen LogP contribution is 2.38. The van der Waals surface area contributed by atoms with Gasteiger partial charge in [0.1, 0.15) is 5.82 Å². The van der Waals surface area contributed by atoms with Gasteiger partial charge in [0, 0.05) is 48.2 Å². The minimum atomic E-state index is -4.60. The van der Waals surface area contributed by atoms with Crippen molar-refractivity contribution >= 4 is 23.2 Å². The average molecular weight is 491 g/mol. The van der Waals surface area contributed by atoms with Gasteiger partial charge in [-0.3, -0.25) is 4.99 Å². The Hall–Kier alpha value is -4.53. The highest BCUT2D eigenvalue weighted by atomic mass is 19.4. The summed E-state index contributed by atoms with van der Waals surface area (Å²) in [7, 11) is 1.81. The highest BCUT2D eigenvalue weighted by molar-refractivity contribution is 5.85. The summed E-state index contributed by atoms with van der Waals surface area (Å²) in [5, 5.41) is 2.84. The molecular formula is C27H21F4N5. The van der Waals surface area contributed by atoms with E-state index in [4.69, 9.17) is 0 Å². The molecule has 0 saturated carbocycles. The molecule has 1 aliphatic rings. The first-order valence-corrected chi connectivity index (χ1v) is 10.8. The molecule has 2 heterocycles. The molecule has 0 bridgehead atoms. The fraction of sp³-hybridized carbons (Fsp3) is 0.0741. The summed E-state index contributed by atoms with van der Waals surface area (Å²) in [5.41, 5.74) is 1.34. The lowest BCUT2D eigenvalue weighted by atomic mass is 9.94. The average Bonchev–Trinajstić information content (AvgIpc) is 2.86. The normalized spacial score (nSPS) is 14.9. The minimum absolute atomic E-state index is 0.0286. The first kappa shape index (κ1) is 24.6. The molecule has 4 rings (SSSR count). The van der Waals surface area contributed by atoms with Gasteiger partial charge in [0.05, 0.1) is 23.7 Å². The summed E-state index contributed by atoms with van der Waals surface area (Å²) in [4.78, 5) is 14.3. The van der Waals surface area contributed by atoms with Crippen LogP contribution in [0, 0.1) is 5.82 Å². The van der Waals surface area contributed by atoms with Gasteiger partial charge in [-0.2, -0.15) is 13.2 Å². The summed E-state index contributed by atoms with van der Waals surface area (Å²) < 4.78 is 54.8. The van der Waals surface area contributed by atoms with Gasteiger partial charge in [-0.25, -0.2) is 14.4 Å². The van der Waals surface area contributed by atoms with E-state index in [2.05, 4.69) is 26.9 Å². The number of aliphatic imine (C=N–C) groups is 1. The van der Waals surface area contributed by atoms with Crippen molar-refractivity contribution in [2.75, 3.05) is 12.4 Å². The number of likely N-dealkylation sites (N-methyl/N-ethyl adjacent to an activating group) is 1. The van der Waals surface area contributed by atoms with E-state index in [1.165, 1.54) is 42.6 Å². The van der Waals surface area contributed by atoms with Crippen molar-refractivity contribution < 1.29 is 17.6 Å². The molecule has 0 unspecified atom stereocenters. The van der Waals surface area contributed by atoms with Gasteiger partial charge >= 0.3 is 6.18 Å². The van der Waals surface area contributed by atoms with Crippen molar-refractivity contribution in [1.29, 1.82) is 0 Å². The highest BCUT2D eigenvalue weighted by Gasteiger charge is 2.34. The van der Waals surface area contributed by atoms with Crippen LogP contribution in [-0.4, -0.2) is 28.1 Å². The predicted molar refractivity (Wildman–Crippen MR) is 133 cm³/mol. The molecule has 0 fully saturated rings. The van der Waals surface area contributed by atoms with Crippen LogP contribution in [0.25, 0.3) is 11.3 Å². The van der Waals surface area contributed by atoms with E-state index in [0.717, 1.165) is 6.07 Å². The van der Waals surface area contributed by atoms with Gasteiger partial charge in [0.15, 0.2) is 5.82 Å². The maximum atomic E-state index is 13.8. The largest absolute Gasteiger partial charge is 0.417 e. The lowest BCUT2D eigenvalue weighted by Gasteiger charge is -2.25. The first-order valence-electron chi connectivity index (χ1n) is 10.8. The van der Waals surface area contributed by atoms with Crippen molar-refractivity contribution in [3.05, 3.63) is 126 Å². The number of aromatic nitrogens is 2. The molecule has 182 valence electrons. The summed E-state index contributed by atoms with van der Waals surface area (Å²) in [6.45, 7) is 3.82. The second-order valence-corrected chi connectivity index (χ2v) is 7.80. The molecule has 9 heteroatoms. The van der Waals surface area contributed by atoms with Gasteiger partial charge in [-0.05, 0) is 54.1 Å². The predicted octanol–water partition coefficient (Wildman–Crippen LogP) is 6.52. The lowest BCUT2D eigenvalue weighted by Crippen LogP contribution is -2.15. The molecule has 0 aliphatic carbocycles. The molecule has 2 aromatic carbocycles. The molecule has 3 aromatic rings. The summed E-state index contributed by atoms with van der Waals surface area (Å²) in [6.07, 6.45) is 7.07. The Morgan fingerprint density at radius 1 is 1.08 bits per heavy atom. The van der Waals surface area contributed by atoms with Gasteiger partial charge < -0.3 is 10.2 Å². The molecule has 0 spiro atoms. The Morgan fingerprint density at radius 3 is 2.50 bits per heavy atom. The quantitative estimate of drug-likeness (QED) is 0.315. The zero-order valence-corrected chi connectivity index (χ0v) is 19.2. The SMILES string of the molecule is C=C(Nc1ccc(F)cc1)c1cc(C2=CC=CN(C)/C2=C\N=C\c2ncccn2)ccc1C(F)(F)F. The van der Waals surface area contributed by atoms with E-state index < -0.39 is 17.6 Å². The molecular weight excluding hydrogens is 470 g/mol. The van der Waals surface area contributed by atoms with Crippen LogP contribution >= 0.6 is 0 Å². The van der Waals surface area contributed by atoms with Crippen molar-refractivity contribution in [3.63, 3.8) is 0 Å². The van der Waals surface area contributed by atoms with Crippen LogP contribution in [0.1, 0.15) is 22.5 Å². The Morgan fingerprint density at radius 2 is 1.81 bits per heavy atom. The maximum Gasteiger partial charge on any atom is 0.417 e. The van der Waals surface area contributed by atoms with Crippen LogP contribution in [0.2, 0.25) is 0 Å². The Bertz CT molecular complexity index is 1370. The molecule has 0 saturated heterocycles. The molecule has 1 aliphatic heterocycles. The van der Waals surface area contributed by atoms with E-state index in [1.54, 1.807) is 41.7 Å². The number of anilines is 1. The molecule has 1 N–H and O–H groups in total. The number of rotatable bonds is 6. The number of allylic oxidation sites excluding steroid dienone is 3. The standard InChI is InChI=1S/C27H21F4N5/c1-18(35-21-9-7-20(28)8-10-21)23-15-19(6-11-24(23)27(29,30)31)22-5-3-14-36(2)25(22)16-32-17-26-33-12-4-13-34-26/h3-17,35H,1H2,2H3/b25-16-,32-17+. The molecule has 36 heavy (non-hydrogen) atoms. The molecule has 0 atom stereocenters. The smallest absolute Gasteiger partial charge is 0.356 e. The molecule has 1 aromatic heterocycles. The third-order valence-electron chi connectivity index (χ3n) is 5.30. The van der Waals surface area contributed by atoms with Gasteiger partial charge in [0.25, 0.3) is 0 Å². The van der Waals surface area contributed by atoms with E-state index in [0.29, 0.717) is 28.3 Å². The number of hydrogen-bond donors (Lipinski definition) is 1. The topological polar surface area (TPSA) is 53.4 Å². The van der Waals surface area contributed by atoms with Crippen LogP contribution < -0.4 is 5.32 Å². The molecule has 0 radical (unpaired) electrons. The number of halogens is 4. The van der Waals surface area contributed by atoms with Gasteiger partial charge in [-0.15, -0.1) is 0 Å². The van der Waals surface area contributed by atoms with Gasteiger partial charge in [-0.1, -0.05) is 18.7 Å². The van der Waals surface area contributed by atoms with Crippen molar-refractivity contribution in [2.45, 2.75) is 6.18 Å². The van der Waals surface area contributed by atoms with Crippen molar-refractivity contribution in [3.8, 4) is 0 Å². The number of hydrogen-bond acceptors (Lipinski definition) is 5. The second kappa shape index (κ2) is 10.4. The third kappa shape index (κ3) is 5.75. The van der Waals surface area contributed by atoms with E-state index >= 15 is 0 Å². The fourth-order valence-electron chi connectivity index (χ4n) is 3.56. The maximum absolute atomic E-state index is 13.8. The van der Waals surface area contributed by atoms with Gasteiger partial charge in [0.2, 0.25) is 0 Å².